The third-order valence-corrected chi connectivity index (χ3v) is 18.0. The summed E-state index contributed by atoms with van der Waals surface area (Å²) in [5.74, 6) is 1.93. The molecule has 0 unspecified atom stereocenters. The van der Waals surface area contributed by atoms with Crippen molar-refractivity contribution >= 4 is 138 Å². The number of rotatable bonds is 5. The van der Waals surface area contributed by atoms with Gasteiger partial charge in [-0.1, -0.05) is 146 Å². The molecule has 16 rings (SSSR count). The molecule has 0 radical (unpaired) electrons. The molecule has 72 heavy (non-hydrogen) atoms. The molecule has 0 bridgehead atoms. The van der Waals surface area contributed by atoms with Gasteiger partial charge in [0.25, 0.3) is 0 Å². The van der Waals surface area contributed by atoms with Gasteiger partial charge in [0.2, 0.25) is 0 Å². The highest BCUT2D eigenvalue weighted by Gasteiger charge is 2.23. The first kappa shape index (κ1) is 40.2. The quantitative estimate of drug-likeness (QED) is 0.173. The number of benzene rings is 11. The van der Waals surface area contributed by atoms with Gasteiger partial charge in [0.15, 0.2) is 17.5 Å². The van der Waals surface area contributed by atoms with Gasteiger partial charge in [0.05, 0.1) is 16.7 Å². The van der Waals surface area contributed by atoms with Crippen LogP contribution in [-0.4, -0.2) is 19.5 Å². The molecule has 0 saturated heterocycles. The average molecular weight is 969 g/mol. The van der Waals surface area contributed by atoms with E-state index in [-0.39, 0.29) is 0 Å². The zero-order chi connectivity index (χ0) is 47.0. The van der Waals surface area contributed by atoms with Crippen LogP contribution in [0.4, 0.5) is 0 Å². The second kappa shape index (κ2) is 15.5. The lowest BCUT2D eigenvalue weighted by Gasteiger charge is -2.17. The monoisotopic (exact) mass is 968 g/mol. The van der Waals surface area contributed by atoms with Gasteiger partial charge in [0.1, 0.15) is 0 Å². The van der Waals surface area contributed by atoms with E-state index in [4.69, 9.17) is 15.0 Å². The fraction of sp³-hybridized carbons (Fsp3) is 0. The molecule has 7 heteroatoms. The maximum Gasteiger partial charge on any atom is 0.164 e. The molecule has 5 aromatic heterocycles. The normalized spacial score (nSPS) is 12.2. The Labute approximate surface area is 424 Å². The van der Waals surface area contributed by atoms with Crippen LogP contribution in [0.2, 0.25) is 0 Å². The number of fused-ring (bicyclic) bond motifs is 15. The van der Waals surface area contributed by atoms with Gasteiger partial charge in [-0.2, -0.15) is 0 Å². The van der Waals surface area contributed by atoms with Crippen molar-refractivity contribution in [2.75, 3.05) is 0 Å². The molecule has 0 aliphatic rings. The Balaban J connectivity index is 1.000. The van der Waals surface area contributed by atoms with Gasteiger partial charge in [-0.25, -0.2) is 15.0 Å². The summed E-state index contributed by atoms with van der Waals surface area (Å²) in [5, 5.41) is 14.7. The number of aromatic nitrogens is 4. The summed E-state index contributed by atoms with van der Waals surface area (Å²) in [6.07, 6.45) is 0. The number of thiophene rings is 3. The molecule has 0 fully saturated rings. The molecule has 0 spiro atoms. The lowest BCUT2D eigenvalue weighted by molar-refractivity contribution is 1.08. The molecule has 0 atom stereocenters. The van der Waals surface area contributed by atoms with Gasteiger partial charge in [-0.15, -0.1) is 34.0 Å². The molecule has 0 saturated carbocycles. The van der Waals surface area contributed by atoms with E-state index < -0.39 is 0 Å². The molecule has 0 aliphatic heterocycles. The van der Waals surface area contributed by atoms with Gasteiger partial charge in [-0.3, -0.25) is 0 Å². The van der Waals surface area contributed by atoms with Crippen LogP contribution >= 0.6 is 34.0 Å². The highest BCUT2D eigenvalue weighted by Crippen LogP contribution is 2.46. The fourth-order valence-corrected chi connectivity index (χ4v) is 14.8. The summed E-state index contributed by atoms with van der Waals surface area (Å²) in [4.78, 5) is 16.5. The molecule has 5 heterocycles. The Morgan fingerprint density at radius 3 is 1.50 bits per heavy atom. The second-order valence-corrected chi connectivity index (χ2v) is 21.9. The Morgan fingerprint density at radius 2 is 0.806 bits per heavy atom. The van der Waals surface area contributed by atoms with E-state index in [1.165, 1.54) is 92.8 Å². The van der Waals surface area contributed by atoms with Crippen LogP contribution in [-0.2, 0) is 0 Å². The van der Waals surface area contributed by atoms with Crippen LogP contribution in [0.5, 0.6) is 0 Å². The Hall–Kier alpha value is -8.59. The maximum atomic E-state index is 5.52. The van der Waals surface area contributed by atoms with Crippen molar-refractivity contribution in [3.63, 3.8) is 0 Å². The zero-order valence-electron chi connectivity index (χ0n) is 38.3. The van der Waals surface area contributed by atoms with Crippen LogP contribution in [0.3, 0.4) is 0 Å². The van der Waals surface area contributed by atoms with Gasteiger partial charge in [0, 0.05) is 93.5 Å². The van der Waals surface area contributed by atoms with Crippen LogP contribution in [0.25, 0.3) is 155 Å². The first-order valence-electron chi connectivity index (χ1n) is 24.2. The highest BCUT2D eigenvalue weighted by molar-refractivity contribution is 7.26. The van der Waals surface area contributed by atoms with Crippen LogP contribution in [0.15, 0.2) is 218 Å². The van der Waals surface area contributed by atoms with E-state index in [9.17, 15) is 0 Å². The summed E-state index contributed by atoms with van der Waals surface area (Å²) in [6.45, 7) is 0. The third kappa shape index (κ3) is 5.99. The SMILES string of the molecule is c1ccc2cc3c(cc2c1)c1c2ccccc2ccc1n3-c1ccc(-c2nc(-c3cccc4sc5ccccc5c34)nc(-c3cccc4sc5ccccc5c34)n2)cc1-c1ccc2c(c1)sc1ccccc12. The second-order valence-electron chi connectivity index (χ2n) is 18.6. The molecule has 0 amide bonds. The molecule has 16 aromatic rings. The molecule has 0 N–H and O–H groups in total. The minimum atomic E-state index is 0.623. The molecular weight excluding hydrogens is 933 g/mol. The van der Waals surface area contributed by atoms with Crippen LogP contribution in [0.1, 0.15) is 0 Å². The molecule has 0 aliphatic carbocycles. The van der Waals surface area contributed by atoms with Gasteiger partial charge < -0.3 is 4.57 Å². The van der Waals surface area contributed by atoms with Crippen molar-refractivity contribution in [3.8, 4) is 51.0 Å². The first-order valence-corrected chi connectivity index (χ1v) is 26.6. The predicted octanol–water partition coefficient (Wildman–Crippen LogP) is 19.0. The van der Waals surface area contributed by atoms with Crippen molar-refractivity contribution in [1.29, 1.82) is 0 Å². The van der Waals surface area contributed by atoms with Crippen LogP contribution < -0.4 is 0 Å². The lowest BCUT2D eigenvalue weighted by Crippen LogP contribution is -2.02. The summed E-state index contributed by atoms with van der Waals surface area (Å²) < 4.78 is 9.92. The predicted molar refractivity (Wildman–Crippen MR) is 310 cm³/mol. The topological polar surface area (TPSA) is 43.6 Å². The zero-order valence-corrected chi connectivity index (χ0v) is 40.7. The highest BCUT2D eigenvalue weighted by atomic mass is 32.1. The molecule has 4 nitrogen and oxygen atoms in total. The maximum absolute atomic E-state index is 5.52. The third-order valence-electron chi connectivity index (χ3n) is 14.6. The van der Waals surface area contributed by atoms with Crippen LogP contribution in [0, 0.1) is 0 Å². The standard InChI is InChI=1S/C65H36N4S3/c1-2-15-39-35-53-50(33-38(39)14-1)60-42-16-4-3-13-37(42)28-32-52(60)69(53)51-31-29-41(34-49(51)40-27-30-44-43-17-5-8-22-54(43)72-59(44)36-40)63-66-64(47-20-11-25-57-61(47)45-18-6-9-23-55(45)70-57)68-65(67-63)48-21-12-26-58-62(48)46-19-7-10-24-56(46)71-58/h1-36H. The number of nitrogens with zero attached hydrogens (tertiary/aromatic N) is 4. The van der Waals surface area contributed by atoms with E-state index in [1.807, 2.05) is 34.0 Å². The van der Waals surface area contributed by atoms with E-state index in [2.05, 4.69) is 223 Å². The van der Waals surface area contributed by atoms with Crippen molar-refractivity contribution in [2.45, 2.75) is 0 Å². The lowest BCUT2D eigenvalue weighted by atomic mass is 9.98. The Morgan fingerprint density at radius 1 is 0.278 bits per heavy atom. The summed E-state index contributed by atoms with van der Waals surface area (Å²) in [5.41, 5.74) is 8.53. The minimum Gasteiger partial charge on any atom is -0.309 e. The fourth-order valence-electron chi connectivity index (χ4n) is 11.4. The molecule has 11 aromatic carbocycles. The summed E-state index contributed by atoms with van der Waals surface area (Å²) >= 11 is 5.47. The Kier molecular flexibility index (Phi) is 8.62. The van der Waals surface area contributed by atoms with E-state index >= 15 is 0 Å². The van der Waals surface area contributed by atoms with Crippen molar-refractivity contribution in [1.82, 2.24) is 19.5 Å². The smallest absolute Gasteiger partial charge is 0.164 e. The first-order chi connectivity index (χ1) is 35.7. The average Bonchev–Trinajstić information content (AvgIpc) is 4.21. The molecule has 334 valence electrons. The van der Waals surface area contributed by atoms with E-state index in [0.29, 0.717) is 17.5 Å². The number of hydrogen-bond donors (Lipinski definition) is 0. The van der Waals surface area contributed by atoms with Crippen molar-refractivity contribution in [3.05, 3.63) is 218 Å². The van der Waals surface area contributed by atoms with Gasteiger partial charge in [-0.05, 0) is 99.9 Å². The van der Waals surface area contributed by atoms with Crippen molar-refractivity contribution in [2.24, 2.45) is 0 Å². The van der Waals surface area contributed by atoms with Crippen molar-refractivity contribution < 1.29 is 0 Å². The van der Waals surface area contributed by atoms with E-state index in [1.54, 1.807) is 0 Å². The van der Waals surface area contributed by atoms with E-state index in [0.717, 1.165) is 44.5 Å². The summed E-state index contributed by atoms with van der Waals surface area (Å²) in [7, 11) is 0. The molecular formula is C65H36N4S3. The Bertz CT molecular complexity index is 4820. The minimum absolute atomic E-state index is 0.623. The largest absolute Gasteiger partial charge is 0.309 e. The van der Waals surface area contributed by atoms with Gasteiger partial charge >= 0.3 is 0 Å². The summed E-state index contributed by atoms with van der Waals surface area (Å²) in [6, 6.07) is 79.8. The number of hydrogen-bond acceptors (Lipinski definition) is 6.